The fourth-order valence-corrected chi connectivity index (χ4v) is 1.91. The smallest absolute Gasteiger partial charge is 0.162 e. The Balaban J connectivity index is 2.99. The predicted molar refractivity (Wildman–Crippen MR) is 67.1 cm³/mol. The highest BCUT2D eigenvalue weighted by molar-refractivity contribution is 9.11. The second kappa shape index (κ2) is 5.66. The van der Waals surface area contributed by atoms with E-state index in [0.29, 0.717) is 10.9 Å². The normalized spacial score (nSPS) is 14.4. The lowest BCUT2D eigenvalue weighted by Gasteiger charge is -2.17. The lowest BCUT2D eigenvalue weighted by molar-refractivity contribution is 0.565. The number of halogens is 3. The molecule has 0 N–H and O–H groups in total. The number of hydrogen-bond acceptors (Lipinski definition) is 0. The maximum Gasteiger partial charge on any atom is 0.162 e. The molecular formula is C12H13BrClF. The number of allylic oxidation sites excluding steroid dienone is 1. The quantitative estimate of drug-likeness (QED) is 0.710. The van der Waals surface area contributed by atoms with E-state index in [9.17, 15) is 4.39 Å². The van der Waals surface area contributed by atoms with Crippen molar-refractivity contribution >= 4 is 27.5 Å². The van der Waals surface area contributed by atoms with Gasteiger partial charge in [-0.3, -0.25) is 0 Å². The van der Waals surface area contributed by atoms with Gasteiger partial charge in [0.1, 0.15) is 0 Å². The van der Waals surface area contributed by atoms with Crippen molar-refractivity contribution in [3.05, 3.63) is 45.7 Å². The summed E-state index contributed by atoms with van der Waals surface area (Å²) >= 11 is 8.63. The van der Waals surface area contributed by atoms with Crippen LogP contribution >= 0.6 is 27.5 Å². The van der Waals surface area contributed by atoms with Gasteiger partial charge in [0.05, 0.1) is 0 Å². The molecule has 0 bridgehead atoms. The van der Waals surface area contributed by atoms with Gasteiger partial charge >= 0.3 is 0 Å². The maximum atomic E-state index is 12.8. The van der Waals surface area contributed by atoms with Crippen LogP contribution in [-0.4, -0.2) is 0 Å². The zero-order chi connectivity index (χ0) is 11.4. The van der Waals surface area contributed by atoms with Gasteiger partial charge in [-0.1, -0.05) is 37.6 Å². The van der Waals surface area contributed by atoms with Crippen LogP contribution < -0.4 is 0 Å². The number of benzene rings is 1. The molecule has 0 spiro atoms. The molecule has 0 aromatic heterocycles. The molecular weight excluding hydrogens is 278 g/mol. The molecule has 0 aliphatic carbocycles. The van der Waals surface area contributed by atoms with Gasteiger partial charge in [0, 0.05) is 10.9 Å². The van der Waals surface area contributed by atoms with Crippen LogP contribution in [0.1, 0.15) is 25.3 Å². The first kappa shape index (κ1) is 12.7. The summed E-state index contributed by atoms with van der Waals surface area (Å²) in [6, 6.07) is 7.51. The van der Waals surface area contributed by atoms with E-state index in [1.165, 1.54) is 0 Å². The summed E-state index contributed by atoms with van der Waals surface area (Å²) in [6.45, 7) is 4.12. The van der Waals surface area contributed by atoms with Crippen molar-refractivity contribution in [2.75, 3.05) is 0 Å². The number of rotatable bonds is 3. The summed E-state index contributed by atoms with van der Waals surface area (Å²) < 4.78 is 12.5. The summed E-state index contributed by atoms with van der Waals surface area (Å²) in [5.41, 5.74) is 1.07. The van der Waals surface area contributed by atoms with Crippen LogP contribution in [0.15, 0.2) is 35.1 Å². The molecule has 0 radical (unpaired) electrons. The van der Waals surface area contributed by atoms with Crippen molar-refractivity contribution in [3.8, 4) is 0 Å². The molecule has 0 fully saturated rings. The Hall–Kier alpha value is -0.340. The third-order valence-corrected chi connectivity index (χ3v) is 2.79. The minimum Gasteiger partial charge on any atom is -0.199 e. The van der Waals surface area contributed by atoms with Gasteiger partial charge in [-0.15, -0.1) is 0 Å². The summed E-state index contributed by atoms with van der Waals surface area (Å²) in [7, 11) is 0. The average molecular weight is 292 g/mol. The molecule has 0 heterocycles. The minimum absolute atomic E-state index is 0.0710. The number of hydrogen-bond donors (Lipinski definition) is 0. The molecule has 82 valence electrons. The Morgan fingerprint density at radius 3 is 2.27 bits per heavy atom. The topological polar surface area (TPSA) is 0 Å². The standard InChI is InChI=1S/C12H13BrClF/c1-8(2)11(7-12(13)15)9-3-5-10(14)6-4-9/h3-8,11H,1-2H3/b12-7+. The molecule has 1 aromatic rings. The zero-order valence-corrected chi connectivity index (χ0v) is 11.0. The Morgan fingerprint density at radius 1 is 1.33 bits per heavy atom. The molecule has 1 atom stereocenters. The van der Waals surface area contributed by atoms with Gasteiger partial charge in [0.2, 0.25) is 0 Å². The van der Waals surface area contributed by atoms with Crippen LogP contribution in [0.3, 0.4) is 0 Å². The third-order valence-electron chi connectivity index (χ3n) is 2.28. The molecule has 1 aromatic carbocycles. The van der Waals surface area contributed by atoms with E-state index in [1.807, 2.05) is 24.3 Å². The highest BCUT2D eigenvalue weighted by Crippen LogP contribution is 2.29. The van der Waals surface area contributed by atoms with Gasteiger partial charge < -0.3 is 0 Å². The molecule has 1 rings (SSSR count). The SMILES string of the molecule is CC(C)C(/C=C(/F)Br)c1ccc(Cl)cc1. The van der Waals surface area contributed by atoms with Gasteiger partial charge in [-0.05, 0) is 45.6 Å². The Kier molecular flexibility index (Phi) is 4.81. The second-order valence-corrected chi connectivity index (χ2v) is 4.97. The zero-order valence-electron chi connectivity index (χ0n) is 8.68. The fourth-order valence-electron chi connectivity index (χ4n) is 1.49. The van der Waals surface area contributed by atoms with Gasteiger partial charge in [0.25, 0.3) is 0 Å². The highest BCUT2D eigenvalue weighted by atomic mass is 79.9. The lowest BCUT2D eigenvalue weighted by Crippen LogP contribution is -2.03. The first-order valence-electron chi connectivity index (χ1n) is 4.79. The van der Waals surface area contributed by atoms with Crippen molar-refractivity contribution in [1.82, 2.24) is 0 Å². The summed E-state index contributed by atoms with van der Waals surface area (Å²) in [5.74, 6) is 0.413. The van der Waals surface area contributed by atoms with Crippen molar-refractivity contribution in [1.29, 1.82) is 0 Å². The van der Waals surface area contributed by atoms with Gasteiger partial charge in [0.15, 0.2) is 4.74 Å². The molecule has 0 saturated heterocycles. The van der Waals surface area contributed by atoms with Crippen molar-refractivity contribution in [2.24, 2.45) is 5.92 Å². The van der Waals surface area contributed by atoms with Crippen molar-refractivity contribution in [3.63, 3.8) is 0 Å². The largest absolute Gasteiger partial charge is 0.199 e. The van der Waals surface area contributed by atoms with Crippen LogP contribution in [0.25, 0.3) is 0 Å². The average Bonchev–Trinajstić information content (AvgIpc) is 2.15. The van der Waals surface area contributed by atoms with Gasteiger partial charge in [-0.25, -0.2) is 0 Å². The van der Waals surface area contributed by atoms with E-state index in [4.69, 9.17) is 11.6 Å². The Labute approximate surface area is 103 Å². The highest BCUT2D eigenvalue weighted by Gasteiger charge is 2.13. The van der Waals surface area contributed by atoms with E-state index >= 15 is 0 Å². The van der Waals surface area contributed by atoms with E-state index in [0.717, 1.165) is 5.56 Å². The molecule has 1 unspecified atom stereocenters. The summed E-state index contributed by atoms with van der Waals surface area (Å²) in [4.78, 5) is 0. The van der Waals surface area contributed by atoms with Crippen LogP contribution in [-0.2, 0) is 0 Å². The van der Waals surface area contributed by atoms with Crippen LogP contribution in [0.5, 0.6) is 0 Å². The van der Waals surface area contributed by atoms with Crippen LogP contribution in [0.2, 0.25) is 5.02 Å². The van der Waals surface area contributed by atoms with Crippen LogP contribution in [0.4, 0.5) is 4.39 Å². The monoisotopic (exact) mass is 290 g/mol. The van der Waals surface area contributed by atoms with E-state index in [-0.39, 0.29) is 10.7 Å². The molecule has 0 aliphatic heterocycles. The van der Waals surface area contributed by atoms with Crippen molar-refractivity contribution < 1.29 is 4.39 Å². The second-order valence-electron chi connectivity index (χ2n) is 3.78. The van der Waals surface area contributed by atoms with Gasteiger partial charge in [-0.2, -0.15) is 4.39 Å². The fraction of sp³-hybridized carbons (Fsp3) is 0.333. The van der Waals surface area contributed by atoms with E-state index < -0.39 is 0 Å². The van der Waals surface area contributed by atoms with Crippen molar-refractivity contribution in [2.45, 2.75) is 19.8 Å². The molecule has 0 aliphatic rings. The van der Waals surface area contributed by atoms with E-state index in [1.54, 1.807) is 6.08 Å². The molecule has 15 heavy (non-hydrogen) atoms. The molecule has 0 nitrogen and oxygen atoms in total. The molecule has 3 heteroatoms. The summed E-state index contributed by atoms with van der Waals surface area (Å²) in [5, 5.41) is 0.699. The predicted octanol–water partition coefficient (Wildman–Crippen LogP) is 5.29. The Morgan fingerprint density at radius 2 is 1.87 bits per heavy atom. The molecule has 0 saturated carbocycles. The van der Waals surface area contributed by atoms with Crippen LogP contribution in [0, 0.1) is 5.92 Å². The lowest BCUT2D eigenvalue weighted by atomic mass is 9.89. The summed E-state index contributed by atoms with van der Waals surface area (Å²) in [6.07, 6.45) is 1.58. The minimum atomic E-state index is -0.323. The third kappa shape index (κ3) is 3.96. The Bertz CT molecular complexity index is 339. The molecule has 0 amide bonds. The first-order valence-corrected chi connectivity index (χ1v) is 5.96. The van der Waals surface area contributed by atoms with E-state index in [2.05, 4.69) is 29.8 Å². The maximum absolute atomic E-state index is 12.8. The first-order chi connectivity index (χ1) is 7.00.